The van der Waals surface area contributed by atoms with Crippen molar-refractivity contribution >= 4 is 33.3 Å². The molecule has 2 rings (SSSR count). The van der Waals surface area contributed by atoms with E-state index >= 15 is 0 Å². The summed E-state index contributed by atoms with van der Waals surface area (Å²) in [6, 6.07) is 3.43. The van der Waals surface area contributed by atoms with E-state index in [9.17, 15) is 8.42 Å². The lowest BCUT2D eigenvalue weighted by molar-refractivity contribution is 0.318. The Labute approximate surface area is 128 Å². The van der Waals surface area contributed by atoms with E-state index in [4.69, 9.17) is 10.9 Å². The third-order valence-electron chi connectivity index (χ3n) is 3.25. The van der Waals surface area contributed by atoms with Crippen LogP contribution in [0.15, 0.2) is 17.3 Å². The number of rotatable bonds is 3. The van der Waals surface area contributed by atoms with E-state index < -0.39 is 15.2 Å². The second-order valence-electron chi connectivity index (χ2n) is 4.86. The lowest BCUT2D eigenvalue weighted by Crippen LogP contribution is -2.48. The summed E-state index contributed by atoms with van der Waals surface area (Å²) in [5.74, 6) is 1.64. The molecule has 1 aromatic heterocycles. The van der Waals surface area contributed by atoms with Gasteiger partial charge in [-0.15, -0.1) is 0 Å². The van der Waals surface area contributed by atoms with Crippen molar-refractivity contribution in [3.63, 3.8) is 0 Å². The summed E-state index contributed by atoms with van der Waals surface area (Å²) >= 11 is 1.59. The highest BCUT2D eigenvalue weighted by Crippen LogP contribution is 2.28. The Morgan fingerprint density at radius 3 is 2.90 bits per heavy atom. The van der Waals surface area contributed by atoms with Crippen LogP contribution in [0.2, 0.25) is 0 Å². The number of sulfone groups is 1. The van der Waals surface area contributed by atoms with Gasteiger partial charge in [-0.1, -0.05) is 5.16 Å². The summed E-state index contributed by atoms with van der Waals surface area (Å²) in [6.07, 6.45) is 1.22. The summed E-state index contributed by atoms with van der Waals surface area (Å²) in [7, 11) is -3.26. The fourth-order valence-electron chi connectivity index (χ4n) is 2.19. The van der Waals surface area contributed by atoms with Gasteiger partial charge in [0, 0.05) is 30.0 Å². The molecule has 0 spiro atoms. The smallest absolute Gasteiger partial charge is 0.173 e. The molecule has 0 aliphatic carbocycles. The van der Waals surface area contributed by atoms with Crippen LogP contribution < -0.4 is 10.6 Å². The highest BCUT2D eigenvalue weighted by molar-refractivity contribution is 8.01. The molecule has 9 heteroatoms. The van der Waals surface area contributed by atoms with Crippen molar-refractivity contribution < 1.29 is 13.6 Å². The lowest BCUT2D eigenvalue weighted by Gasteiger charge is -2.36. The lowest BCUT2D eigenvalue weighted by atomic mass is 10.2. The third kappa shape index (κ3) is 3.41. The number of aryl methyl sites for hydroxylation is 1. The van der Waals surface area contributed by atoms with Crippen LogP contribution in [0, 0.1) is 6.92 Å². The monoisotopic (exact) mass is 330 g/mol. The highest BCUT2D eigenvalue weighted by Gasteiger charge is 2.33. The van der Waals surface area contributed by atoms with Gasteiger partial charge in [0.15, 0.2) is 15.7 Å². The molecular weight excluding hydrogens is 312 g/mol. The van der Waals surface area contributed by atoms with Gasteiger partial charge in [0.05, 0.1) is 5.56 Å². The molecule has 7 nitrogen and oxygen atoms in total. The quantitative estimate of drug-likeness (QED) is 0.357. The maximum Gasteiger partial charge on any atom is 0.173 e. The number of aromatic nitrogens is 1. The van der Waals surface area contributed by atoms with Crippen LogP contribution in [-0.4, -0.2) is 54.1 Å². The zero-order valence-electron chi connectivity index (χ0n) is 11.9. The normalized spacial score (nSPS) is 20.6. The average Bonchev–Trinajstić information content (AvgIpc) is 2.45. The van der Waals surface area contributed by atoms with E-state index in [1.807, 2.05) is 6.92 Å². The van der Waals surface area contributed by atoms with Crippen molar-refractivity contribution in [2.75, 3.05) is 29.2 Å². The van der Waals surface area contributed by atoms with Crippen molar-refractivity contribution in [1.29, 1.82) is 0 Å². The minimum absolute atomic E-state index is 0.0806. The first-order chi connectivity index (χ1) is 9.84. The molecule has 1 saturated heterocycles. The predicted molar refractivity (Wildman–Crippen MR) is 84.8 cm³/mol. The molecule has 1 aliphatic rings. The SMILES string of the molecule is Cc1ccc(C(N)=NO)c(N2CCSCC2S(C)(=O)=O)n1. The van der Waals surface area contributed by atoms with Crippen LogP contribution in [0.3, 0.4) is 0 Å². The Morgan fingerprint density at radius 1 is 1.57 bits per heavy atom. The molecule has 1 atom stereocenters. The van der Waals surface area contributed by atoms with Gasteiger partial charge >= 0.3 is 0 Å². The topological polar surface area (TPSA) is 109 Å². The standard InChI is InChI=1S/C12H18N4O3S2/c1-8-3-4-9(11(13)15-17)12(14-8)16-5-6-20-7-10(16)21(2,18)19/h3-4,10,17H,5-7H2,1-2H3,(H2,13,15). The van der Waals surface area contributed by atoms with E-state index in [2.05, 4.69) is 10.1 Å². The third-order valence-corrected chi connectivity index (χ3v) is 5.89. The minimum Gasteiger partial charge on any atom is -0.409 e. The zero-order chi connectivity index (χ0) is 15.6. The van der Waals surface area contributed by atoms with Crippen molar-refractivity contribution in [2.24, 2.45) is 10.9 Å². The first-order valence-electron chi connectivity index (χ1n) is 6.33. The van der Waals surface area contributed by atoms with Gasteiger partial charge in [0.2, 0.25) is 0 Å². The number of anilines is 1. The Balaban J connectivity index is 2.55. The molecule has 0 amide bonds. The number of thioether (sulfide) groups is 1. The zero-order valence-corrected chi connectivity index (χ0v) is 13.5. The summed E-state index contributed by atoms with van der Waals surface area (Å²) in [6.45, 7) is 2.36. The molecule has 0 saturated carbocycles. The van der Waals surface area contributed by atoms with E-state index in [0.717, 1.165) is 11.4 Å². The molecule has 0 bridgehead atoms. The van der Waals surface area contributed by atoms with Crippen molar-refractivity contribution in [3.8, 4) is 0 Å². The van der Waals surface area contributed by atoms with Crippen molar-refractivity contribution in [3.05, 3.63) is 23.4 Å². The summed E-state index contributed by atoms with van der Waals surface area (Å²) < 4.78 is 24.0. The van der Waals surface area contributed by atoms with E-state index in [-0.39, 0.29) is 5.84 Å². The molecule has 3 N–H and O–H groups in total. The minimum atomic E-state index is -3.26. The molecule has 1 aromatic rings. The number of oxime groups is 1. The van der Waals surface area contributed by atoms with Crippen LogP contribution in [0.1, 0.15) is 11.3 Å². The second-order valence-corrected chi connectivity index (χ2v) is 8.21. The van der Waals surface area contributed by atoms with Gasteiger partial charge in [-0.25, -0.2) is 13.4 Å². The van der Waals surface area contributed by atoms with Gasteiger partial charge in [0.1, 0.15) is 11.2 Å². The Bertz CT molecular complexity index is 660. The number of hydrogen-bond donors (Lipinski definition) is 2. The average molecular weight is 330 g/mol. The fourth-order valence-corrected chi connectivity index (χ4v) is 5.01. The van der Waals surface area contributed by atoms with Gasteiger partial charge < -0.3 is 15.8 Å². The Hall–Kier alpha value is -1.48. The van der Waals surface area contributed by atoms with Crippen LogP contribution in [0.4, 0.5) is 5.82 Å². The molecule has 1 aliphatic heterocycles. The van der Waals surface area contributed by atoms with Gasteiger partial charge in [-0.3, -0.25) is 0 Å². The molecule has 1 fully saturated rings. The van der Waals surface area contributed by atoms with Crippen LogP contribution >= 0.6 is 11.8 Å². The van der Waals surface area contributed by atoms with Crippen LogP contribution in [0.25, 0.3) is 0 Å². The number of pyridine rings is 1. The first kappa shape index (κ1) is 15.9. The number of amidine groups is 1. The molecular formula is C12H18N4O3S2. The molecule has 1 unspecified atom stereocenters. The molecule has 0 aromatic carbocycles. The van der Waals surface area contributed by atoms with Gasteiger partial charge in [-0.2, -0.15) is 11.8 Å². The summed E-state index contributed by atoms with van der Waals surface area (Å²) in [5, 5.41) is 11.2. The van der Waals surface area contributed by atoms with Crippen LogP contribution in [-0.2, 0) is 9.84 Å². The number of nitrogens with zero attached hydrogens (tertiary/aromatic N) is 3. The Morgan fingerprint density at radius 2 is 2.29 bits per heavy atom. The van der Waals surface area contributed by atoms with Crippen LogP contribution in [0.5, 0.6) is 0 Å². The fraction of sp³-hybridized carbons (Fsp3) is 0.500. The van der Waals surface area contributed by atoms with Gasteiger partial charge in [0.25, 0.3) is 0 Å². The predicted octanol–water partition coefficient (Wildman–Crippen LogP) is 0.408. The summed E-state index contributed by atoms with van der Waals surface area (Å²) in [4.78, 5) is 6.14. The van der Waals surface area contributed by atoms with Crippen molar-refractivity contribution in [1.82, 2.24) is 4.98 Å². The largest absolute Gasteiger partial charge is 0.409 e. The maximum absolute atomic E-state index is 12.0. The summed E-state index contributed by atoms with van der Waals surface area (Å²) in [5.41, 5.74) is 6.86. The molecule has 21 heavy (non-hydrogen) atoms. The molecule has 116 valence electrons. The maximum atomic E-state index is 12.0. The Kier molecular flexibility index (Phi) is 4.62. The molecule has 2 heterocycles. The van der Waals surface area contributed by atoms with E-state index in [1.54, 1.807) is 28.8 Å². The molecule has 0 radical (unpaired) electrons. The first-order valence-corrected chi connectivity index (χ1v) is 9.44. The number of nitrogens with two attached hydrogens (primary N) is 1. The number of hydrogen-bond acceptors (Lipinski definition) is 7. The van der Waals surface area contributed by atoms with E-state index in [0.29, 0.717) is 23.7 Å². The van der Waals surface area contributed by atoms with Gasteiger partial charge in [-0.05, 0) is 19.1 Å². The van der Waals surface area contributed by atoms with Crippen molar-refractivity contribution in [2.45, 2.75) is 12.3 Å². The van der Waals surface area contributed by atoms with E-state index in [1.165, 1.54) is 6.26 Å². The highest BCUT2D eigenvalue weighted by atomic mass is 32.2. The second kappa shape index (κ2) is 6.10.